The van der Waals surface area contributed by atoms with Crippen LogP contribution in [0.4, 0.5) is 0 Å². The molecule has 0 unspecified atom stereocenters. The molecule has 2 fully saturated rings. The van der Waals surface area contributed by atoms with Crippen LogP contribution in [-0.2, 0) is 4.74 Å². The molecule has 2 aliphatic rings. The van der Waals surface area contributed by atoms with E-state index in [1.165, 1.54) is 74.5 Å². The highest BCUT2D eigenvalue weighted by atomic mass is 16.5. The monoisotopic (exact) mass is 300 g/mol. The van der Waals surface area contributed by atoms with Gasteiger partial charge in [0, 0.05) is 5.56 Å². The van der Waals surface area contributed by atoms with Crippen molar-refractivity contribution in [2.45, 2.75) is 71.6 Å². The molecule has 2 aliphatic carbocycles. The fourth-order valence-corrected chi connectivity index (χ4v) is 3.03. The Kier molecular flexibility index (Phi) is 7.02. The molecule has 3 rings (SSSR count). The van der Waals surface area contributed by atoms with E-state index < -0.39 is 0 Å². The molecule has 1 aromatic rings. The van der Waals surface area contributed by atoms with E-state index in [0.29, 0.717) is 0 Å². The minimum Gasteiger partial charge on any atom is -0.496 e. The summed E-state index contributed by atoms with van der Waals surface area (Å²) in [5.74, 6) is 2.23. The van der Waals surface area contributed by atoms with Crippen molar-refractivity contribution in [1.82, 2.24) is 0 Å². The molecule has 122 valence electrons. The second-order valence-electron chi connectivity index (χ2n) is 6.80. The lowest BCUT2D eigenvalue weighted by atomic mass is 9.82. The normalized spacial score (nSPS) is 17.0. The van der Waals surface area contributed by atoms with Crippen LogP contribution in [0.25, 0.3) is 5.76 Å². The Hall–Kier alpha value is -1.24. The summed E-state index contributed by atoms with van der Waals surface area (Å²) >= 11 is 0. The molecule has 0 atom stereocenters. The quantitative estimate of drug-likeness (QED) is 0.563. The van der Waals surface area contributed by atoms with Crippen molar-refractivity contribution in [1.29, 1.82) is 0 Å². The average Bonchev–Trinajstić information content (AvgIpc) is 2.43. The van der Waals surface area contributed by atoms with Gasteiger partial charge in [-0.05, 0) is 37.7 Å². The Morgan fingerprint density at radius 1 is 1.09 bits per heavy atom. The Morgan fingerprint density at radius 2 is 1.77 bits per heavy atom. The first-order valence-electron chi connectivity index (χ1n) is 9.07. The predicted molar refractivity (Wildman–Crippen MR) is 95.8 cm³/mol. The third-order valence-electron chi connectivity index (χ3n) is 4.99. The van der Waals surface area contributed by atoms with Crippen LogP contribution >= 0.6 is 0 Å². The third kappa shape index (κ3) is 4.90. The molecule has 22 heavy (non-hydrogen) atoms. The second kappa shape index (κ2) is 9.02. The molecule has 0 amide bonds. The molecule has 1 nitrogen and oxygen atoms in total. The minimum absolute atomic E-state index is 1.09. The zero-order chi connectivity index (χ0) is 15.8. The summed E-state index contributed by atoms with van der Waals surface area (Å²) < 4.78 is 5.46. The van der Waals surface area contributed by atoms with Crippen molar-refractivity contribution in [3.63, 3.8) is 0 Å². The number of hydrogen-bond acceptors (Lipinski definition) is 1. The number of benzene rings is 1. The van der Waals surface area contributed by atoms with Gasteiger partial charge >= 0.3 is 0 Å². The standard InChI is InChI=1S/C13H16O.C8H16/c1-10-6-8-12(9-7-10)13(14-2)11-4-3-5-11;1-2-3-5-8-6-4-7-8/h6-9H,3-5H2,1-2H3;8H,2-7H2,1H3. The van der Waals surface area contributed by atoms with Gasteiger partial charge in [0.2, 0.25) is 0 Å². The number of allylic oxidation sites excluding steroid dienone is 1. The van der Waals surface area contributed by atoms with Gasteiger partial charge in [-0.25, -0.2) is 0 Å². The van der Waals surface area contributed by atoms with E-state index >= 15 is 0 Å². The Morgan fingerprint density at radius 3 is 2.18 bits per heavy atom. The summed E-state index contributed by atoms with van der Waals surface area (Å²) in [6.07, 6.45) is 12.6. The molecule has 0 bridgehead atoms. The van der Waals surface area contributed by atoms with Gasteiger partial charge in [-0.15, -0.1) is 0 Å². The van der Waals surface area contributed by atoms with Crippen LogP contribution in [0.2, 0.25) is 0 Å². The lowest BCUT2D eigenvalue weighted by molar-refractivity contribution is 0.289. The maximum absolute atomic E-state index is 5.46. The van der Waals surface area contributed by atoms with Gasteiger partial charge in [0.05, 0.1) is 7.11 Å². The van der Waals surface area contributed by atoms with E-state index in [2.05, 4.69) is 38.1 Å². The first kappa shape index (κ1) is 17.1. The highest BCUT2D eigenvalue weighted by Crippen LogP contribution is 2.33. The van der Waals surface area contributed by atoms with Crippen LogP contribution in [0.5, 0.6) is 0 Å². The summed E-state index contributed by atoms with van der Waals surface area (Å²) in [7, 11) is 1.76. The molecule has 0 aromatic heterocycles. The maximum atomic E-state index is 5.46. The fourth-order valence-electron chi connectivity index (χ4n) is 3.03. The van der Waals surface area contributed by atoms with E-state index in [0.717, 1.165) is 11.7 Å². The molecule has 0 spiro atoms. The van der Waals surface area contributed by atoms with Crippen LogP contribution in [0.15, 0.2) is 29.8 Å². The highest BCUT2D eigenvalue weighted by molar-refractivity contribution is 5.64. The van der Waals surface area contributed by atoms with Crippen molar-refractivity contribution in [2.24, 2.45) is 5.92 Å². The molecule has 1 aromatic carbocycles. The lowest BCUT2D eigenvalue weighted by Gasteiger charge is -2.24. The molecule has 0 aliphatic heterocycles. The smallest absolute Gasteiger partial charge is 0.125 e. The molecule has 2 saturated carbocycles. The Labute approximate surface area is 136 Å². The number of aryl methyl sites for hydroxylation is 1. The second-order valence-corrected chi connectivity index (χ2v) is 6.80. The Balaban J connectivity index is 0.000000188. The molecule has 0 N–H and O–H groups in total. The van der Waals surface area contributed by atoms with E-state index in [-0.39, 0.29) is 0 Å². The zero-order valence-corrected chi connectivity index (χ0v) is 14.7. The molecule has 0 saturated heterocycles. The topological polar surface area (TPSA) is 9.23 Å². The van der Waals surface area contributed by atoms with Crippen LogP contribution in [-0.4, -0.2) is 7.11 Å². The van der Waals surface area contributed by atoms with E-state index in [1.54, 1.807) is 7.11 Å². The lowest BCUT2D eigenvalue weighted by Crippen LogP contribution is -2.09. The van der Waals surface area contributed by atoms with Crippen molar-refractivity contribution < 1.29 is 4.74 Å². The van der Waals surface area contributed by atoms with Crippen LogP contribution < -0.4 is 0 Å². The van der Waals surface area contributed by atoms with Crippen molar-refractivity contribution in [3.8, 4) is 0 Å². The minimum atomic E-state index is 1.09. The van der Waals surface area contributed by atoms with E-state index in [4.69, 9.17) is 4.74 Å². The fraction of sp³-hybridized carbons (Fsp3) is 0.619. The van der Waals surface area contributed by atoms with Gasteiger partial charge in [-0.3, -0.25) is 0 Å². The van der Waals surface area contributed by atoms with E-state index in [9.17, 15) is 0 Å². The van der Waals surface area contributed by atoms with Crippen LogP contribution in [0.1, 0.15) is 75.8 Å². The third-order valence-corrected chi connectivity index (χ3v) is 4.99. The number of rotatable bonds is 5. The highest BCUT2D eigenvalue weighted by Gasteiger charge is 2.16. The van der Waals surface area contributed by atoms with Gasteiger partial charge < -0.3 is 4.74 Å². The number of unbranched alkanes of at least 4 members (excludes halogenated alkanes) is 1. The summed E-state index contributed by atoms with van der Waals surface area (Å²) in [6, 6.07) is 8.54. The summed E-state index contributed by atoms with van der Waals surface area (Å²) in [6.45, 7) is 4.38. The number of ether oxygens (including phenoxy) is 1. The van der Waals surface area contributed by atoms with Crippen LogP contribution in [0, 0.1) is 12.8 Å². The van der Waals surface area contributed by atoms with Crippen molar-refractivity contribution in [3.05, 3.63) is 41.0 Å². The first-order chi connectivity index (χ1) is 10.7. The SMILES string of the molecule is CCCCC1CCC1.COC(=C1CCC1)c1ccc(C)cc1. The summed E-state index contributed by atoms with van der Waals surface area (Å²) in [5.41, 5.74) is 3.98. The molecule has 0 radical (unpaired) electrons. The summed E-state index contributed by atoms with van der Waals surface area (Å²) in [5, 5.41) is 0. The van der Waals surface area contributed by atoms with Gasteiger partial charge in [-0.2, -0.15) is 0 Å². The number of hydrogen-bond donors (Lipinski definition) is 0. The van der Waals surface area contributed by atoms with Gasteiger partial charge in [0.15, 0.2) is 0 Å². The largest absolute Gasteiger partial charge is 0.496 e. The van der Waals surface area contributed by atoms with Gasteiger partial charge in [0.1, 0.15) is 5.76 Å². The summed E-state index contributed by atoms with van der Waals surface area (Å²) in [4.78, 5) is 0. The molecular formula is C21H32O. The van der Waals surface area contributed by atoms with Gasteiger partial charge in [-0.1, -0.05) is 75.3 Å². The average molecular weight is 300 g/mol. The molecular weight excluding hydrogens is 268 g/mol. The predicted octanol–water partition coefficient (Wildman–Crippen LogP) is 6.51. The molecule has 1 heteroatoms. The van der Waals surface area contributed by atoms with Crippen LogP contribution in [0.3, 0.4) is 0 Å². The van der Waals surface area contributed by atoms with Gasteiger partial charge in [0.25, 0.3) is 0 Å². The number of methoxy groups -OCH3 is 1. The maximum Gasteiger partial charge on any atom is 0.125 e. The van der Waals surface area contributed by atoms with Crippen molar-refractivity contribution >= 4 is 5.76 Å². The van der Waals surface area contributed by atoms with Crippen molar-refractivity contribution in [2.75, 3.05) is 7.11 Å². The first-order valence-corrected chi connectivity index (χ1v) is 9.07. The zero-order valence-electron chi connectivity index (χ0n) is 14.7. The Bertz CT molecular complexity index is 459. The van der Waals surface area contributed by atoms with E-state index in [1.807, 2.05) is 0 Å². The molecule has 0 heterocycles.